The van der Waals surface area contributed by atoms with Crippen LogP contribution in [-0.2, 0) is 9.53 Å². The molecule has 2 aromatic rings. The number of nitrogens with one attached hydrogen (secondary N) is 1. The van der Waals surface area contributed by atoms with Gasteiger partial charge in [-0.25, -0.2) is 4.79 Å². The lowest BCUT2D eigenvalue weighted by atomic mass is 10.0. The summed E-state index contributed by atoms with van der Waals surface area (Å²) in [6.07, 6.45) is 0.0657. The molecule has 26 heavy (non-hydrogen) atoms. The van der Waals surface area contributed by atoms with Crippen molar-refractivity contribution in [3.05, 3.63) is 42.0 Å². The van der Waals surface area contributed by atoms with E-state index in [1.165, 1.54) is 0 Å². The van der Waals surface area contributed by atoms with Crippen LogP contribution in [0.2, 0.25) is 0 Å². The Balaban J connectivity index is 1.68. The smallest absolute Gasteiger partial charge is 0.312 e. The molecule has 3 rings (SSSR count). The topological polar surface area (TPSA) is 93.9 Å². The first kappa shape index (κ1) is 18.0. The number of carbonyl (C=O) groups excluding carboxylic acids is 2. The highest BCUT2D eigenvalue weighted by molar-refractivity contribution is 5.84. The number of carbonyl (C=O) groups is 2. The van der Waals surface area contributed by atoms with E-state index in [1.54, 1.807) is 12.0 Å². The lowest BCUT2D eigenvalue weighted by Crippen LogP contribution is -2.43. The van der Waals surface area contributed by atoms with Crippen molar-refractivity contribution in [3.63, 3.8) is 0 Å². The molecule has 1 heterocycles. The Morgan fingerprint density at radius 2 is 2.04 bits per heavy atom. The number of fused-ring (bicyclic) bond motifs is 1. The molecule has 7 nitrogen and oxygen atoms in total. The summed E-state index contributed by atoms with van der Waals surface area (Å²) in [4.78, 5) is 24.8. The molecule has 0 aromatic heterocycles. The minimum atomic E-state index is -0.620. The second-order valence-corrected chi connectivity index (χ2v) is 6.21. The number of rotatable bonds is 5. The molecule has 138 valence electrons. The molecule has 2 aromatic carbocycles. The molecule has 1 atom stereocenters. The second kappa shape index (κ2) is 8.05. The van der Waals surface area contributed by atoms with Gasteiger partial charge >= 0.3 is 6.03 Å². The van der Waals surface area contributed by atoms with Gasteiger partial charge in [0.15, 0.2) is 0 Å². The quantitative estimate of drug-likeness (QED) is 0.853. The van der Waals surface area contributed by atoms with Crippen LogP contribution in [0.25, 0.3) is 10.8 Å². The van der Waals surface area contributed by atoms with Gasteiger partial charge in [-0.15, -0.1) is 0 Å². The molecule has 0 spiro atoms. The monoisotopic (exact) mass is 357 g/mol. The number of hydrogen-bond donors (Lipinski definition) is 2. The van der Waals surface area contributed by atoms with E-state index in [1.807, 2.05) is 30.3 Å². The Labute approximate surface area is 152 Å². The van der Waals surface area contributed by atoms with Crippen LogP contribution in [0.4, 0.5) is 4.79 Å². The number of methoxy groups -OCH3 is 1. The average molecular weight is 357 g/mol. The van der Waals surface area contributed by atoms with Gasteiger partial charge in [0.2, 0.25) is 5.91 Å². The van der Waals surface area contributed by atoms with Crippen molar-refractivity contribution in [2.24, 2.45) is 5.73 Å². The molecule has 1 aliphatic heterocycles. The number of amides is 3. The Bertz CT molecular complexity index is 808. The highest BCUT2D eigenvalue weighted by Gasteiger charge is 2.25. The van der Waals surface area contributed by atoms with Crippen LogP contribution in [0.3, 0.4) is 0 Å². The maximum Gasteiger partial charge on any atom is 0.312 e. The average Bonchev–Trinajstić information content (AvgIpc) is 2.66. The molecule has 3 amide bonds. The third-order valence-electron chi connectivity index (χ3n) is 4.50. The first-order valence-electron chi connectivity index (χ1n) is 8.57. The van der Waals surface area contributed by atoms with Gasteiger partial charge in [-0.2, -0.15) is 0 Å². The third kappa shape index (κ3) is 4.23. The van der Waals surface area contributed by atoms with E-state index in [0.29, 0.717) is 19.7 Å². The van der Waals surface area contributed by atoms with E-state index in [9.17, 15) is 9.59 Å². The van der Waals surface area contributed by atoms with Crippen LogP contribution in [0.15, 0.2) is 36.4 Å². The lowest BCUT2D eigenvalue weighted by Gasteiger charge is -2.33. The first-order chi connectivity index (χ1) is 12.6. The second-order valence-electron chi connectivity index (χ2n) is 6.21. The van der Waals surface area contributed by atoms with Crippen molar-refractivity contribution in [2.75, 3.05) is 33.4 Å². The number of morpholine rings is 1. The SMILES string of the molecule is COc1ccc2cc([C@H]3CN(C(=O)CCNC(N)=O)CCO3)ccc2c1. The summed E-state index contributed by atoms with van der Waals surface area (Å²) in [6.45, 7) is 1.78. The van der Waals surface area contributed by atoms with Gasteiger partial charge in [0.05, 0.1) is 20.3 Å². The van der Waals surface area contributed by atoms with Crippen molar-refractivity contribution >= 4 is 22.7 Å². The summed E-state index contributed by atoms with van der Waals surface area (Å²) in [5, 5.41) is 4.63. The van der Waals surface area contributed by atoms with Crippen molar-refractivity contribution in [1.29, 1.82) is 0 Å². The molecule has 1 saturated heterocycles. The van der Waals surface area contributed by atoms with Gasteiger partial charge in [0.1, 0.15) is 11.9 Å². The number of ether oxygens (including phenoxy) is 2. The molecule has 1 fully saturated rings. The molecular weight excluding hydrogens is 334 g/mol. The summed E-state index contributed by atoms with van der Waals surface area (Å²) in [6, 6.07) is 11.5. The van der Waals surface area contributed by atoms with Gasteiger partial charge in [-0.05, 0) is 34.5 Å². The minimum Gasteiger partial charge on any atom is -0.497 e. The summed E-state index contributed by atoms with van der Waals surface area (Å²) in [7, 11) is 1.65. The normalized spacial score (nSPS) is 17.1. The Kier molecular flexibility index (Phi) is 5.58. The summed E-state index contributed by atoms with van der Waals surface area (Å²) in [5.41, 5.74) is 6.05. The van der Waals surface area contributed by atoms with Crippen molar-refractivity contribution in [2.45, 2.75) is 12.5 Å². The zero-order valence-corrected chi connectivity index (χ0v) is 14.7. The van der Waals surface area contributed by atoms with Crippen molar-refractivity contribution in [3.8, 4) is 5.75 Å². The fraction of sp³-hybridized carbons (Fsp3) is 0.368. The summed E-state index contributed by atoms with van der Waals surface area (Å²) >= 11 is 0. The number of nitrogens with two attached hydrogens (primary N) is 1. The van der Waals surface area contributed by atoms with E-state index in [-0.39, 0.29) is 25.0 Å². The predicted octanol–water partition coefficient (Wildman–Crippen LogP) is 1.81. The molecule has 0 saturated carbocycles. The molecule has 0 radical (unpaired) electrons. The van der Waals surface area contributed by atoms with Gasteiger partial charge in [-0.1, -0.05) is 18.2 Å². The van der Waals surface area contributed by atoms with E-state index < -0.39 is 6.03 Å². The fourth-order valence-corrected chi connectivity index (χ4v) is 3.10. The Morgan fingerprint density at radius 1 is 1.27 bits per heavy atom. The van der Waals surface area contributed by atoms with Gasteiger partial charge in [0.25, 0.3) is 0 Å². The number of benzene rings is 2. The number of hydrogen-bond acceptors (Lipinski definition) is 4. The van der Waals surface area contributed by atoms with Crippen LogP contribution in [0.1, 0.15) is 18.1 Å². The highest BCUT2D eigenvalue weighted by Crippen LogP contribution is 2.28. The van der Waals surface area contributed by atoms with Crippen LogP contribution in [0, 0.1) is 0 Å². The van der Waals surface area contributed by atoms with Crippen LogP contribution in [0.5, 0.6) is 5.75 Å². The van der Waals surface area contributed by atoms with E-state index in [2.05, 4.69) is 11.4 Å². The molecule has 0 aliphatic carbocycles. The number of nitrogens with zero attached hydrogens (tertiary/aromatic N) is 1. The Morgan fingerprint density at radius 3 is 2.81 bits per heavy atom. The zero-order chi connectivity index (χ0) is 18.5. The van der Waals surface area contributed by atoms with E-state index in [4.69, 9.17) is 15.2 Å². The molecule has 3 N–H and O–H groups in total. The number of urea groups is 1. The standard InChI is InChI=1S/C19H23N3O4/c1-25-16-5-4-13-10-15(3-2-14(13)11-16)17-12-22(8-9-26-17)18(23)6-7-21-19(20)24/h2-5,10-11,17H,6-9,12H2,1H3,(H3,20,21,24)/t17-/m1/s1. The molecular formula is C19H23N3O4. The van der Waals surface area contributed by atoms with Gasteiger partial charge in [0, 0.05) is 19.5 Å². The van der Waals surface area contributed by atoms with E-state index >= 15 is 0 Å². The summed E-state index contributed by atoms with van der Waals surface area (Å²) < 4.78 is 11.1. The maximum atomic E-state index is 12.3. The zero-order valence-electron chi connectivity index (χ0n) is 14.7. The van der Waals surface area contributed by atoms with Gasteiger partial charge in [-0.3, -0.25) is 4.79 Å². The third-order valence-corrected chi connectivity index (χ3v) is 4.50. The first-order valence-corrected chi connectivity index (χ1v) is 8.57. The van der Waals surface area contributed by atoms with Crippen LogP contribution in [-0.4, -0.2) is 50.2 Å². The fourth-order valence-electron chi connectivity index (χ4n) is 3.10. The molecule has 0 bridgehead atoms. The predicted molar refractivity (Wildman–Crippen MR) is 98.0 cm³/mol. The van der Waals surface area contributed by atoms with Crippen LogP contribution >= 0.6 is 0 Å². The van der Waals surface area contributed by atoms with Crippen molar-refractivity contribution < 1.29 is 19.1 Å². The van der Waals surface area contributed by atoms with E-state index in [0.717, 1.165) is 22.1 Å². The van der Waals surface area contributed by atoms with Crippen LogP contribution < -0.4 is 15.8 Å². The minimum absolute atomic E-state index is 0.0161. The Hall–Kier alpha value is -2.80. The van der Waals surface area contributed by atoms with Gasteiger partial charge < -0.3 is 25.4 Å². The number of primary amides is 1. The molecule has 1 aliphatic rings. The summed E-state index contributed by atoms with van der Waals surface area (Å²) in [5.74, 6) is 0.804. The largest absolute Gasteiger partial charge is 0.497 e. The highest BCUT2D eigenvalue weighted by atomic mass is 16.5. The molecule has 0 unspecified atom stereocenters. The lowest BCUT2D eigenvalue weighted by molar-refractivity contribution is -0.138. The van der Waals surface area contributed by atoms with Crippen molar-refractivity contribution in [1.82, 2.24) is 10.2 Å². The maximum absolute atomic E-state index is 12.3. The molecule has 7 heteroatoms.